The van der Waals surface area contributed by atoms with E-state index in [4.69, 9.17) is 16.1 Å². The number of nitrogens with zero attached hydrogens (tertiary/aromatic N) is 3. The fraction of sp³-hybridized carbons (Fsp3) is 0.188. The Labute approximate surface area is 150 Å². The van der Waals surface area contributed by atoms with Gasteiger partial charge in [0.1, 0.15) is 10.7 Å². The van der Waals surface area contributed by atoms with Crippen LogP contribution in [0.3, 0.4) is 0 Å². The molecular weight excluding hydrogens is 364 g/mol. The quantitative estimate of drug-likeness (QED) is 0.704. The highest BCUT2D eigenvalue weighted by molar-refractivity contribution is 7.90. The Balaban J connectivity index is 1.65. The lowest BCUT2D eigenvalue weighted by atomic mass is 10.2. The third-order valence-electron chi connectivity index (χ3n) is 3.37. The molecule has 2 aromatic heterocycles. The largest absolute Gasteiger partial charge is 0.368 e. The number of hydrogen-bond donors (Lipinski definition) is 1. The lowest BCUT2D eigenvalue weighted by Gasteiger charge is -2.08. The second-order valence-corrected chi connectivity index (χ2v) is 7.74. The molecule has 0 atom stereocenters. The molecule has 7 nitrogen and oxygen atoms in total. The van der Waals surface area contributed by atoms with Crippen LogP contribution < -0.4 is 5.32 Å². The van der Waals surface area contributed by atoms with Gasteiger partial charge in [-0.25, -0.2) is 13.4 Å². The first-order valence-corrected chi connectivity index (χ1v) is 9.68. The van der Waals surface area contributed by atoms with Gasteiger partial charge in [0.2, 0.25) is 11.7 Å². The molecule has 0 amide bonds. The van der Waals surface area contributed by atoms with E-state index in [0.29, 0.717) is 35.5 Å². The minimum atomic E-state index is -3.35. The summed E-state index contributed by atoms with van der Waals surface area (Å²) in [6.07, 6.45) is 3.11. The van der Waals surface area contributed by atoms with Crippen LogP contribution in [0.2, 0.25) is 5.02 Å². The van der Waals surface area contributed by atoms with Crippen LogP contribution in [0.5, 0.6) is 0 Å². The fourth-order valence-electron chi connectivity index (χ4n) is 2.18. The zero-order valence-corrected chi connectivity index (χ0v) is 14.9. The molecule has 130 valence electrons. The molecule has 0 aliphatic carbocycles. The third-order valence-corrected chi connectivity index (χ3v) is 4.75. The Morgan fingerprint density at radius 3 is 2.68 bits per heavy atom. The van der Waals surface area contributed by atoms with Gasteiger partial charge in [-0.15, -0.1) is 0 Å². The summed E-state index contributed by atoms with van der Waals surface area (Å²) in [5.74, 6) is 1.22. The number of rotatable bonds is 6. The second kappa shape index (κ2) is 7.20. The van der Waals surface area contributed by atoms with Crippen molar-refractivity contribution in [2.24, 2.45) is 0 Å². The summed E-state index contributed by atoms with van der Waals surface area (Å²) in [7, 11) is -3.35. The van der Waals surface area contributed by atoms with Crippen molar-refractivity contribution in [1.82, 2.24) is 15.1 Å². The maximum absolute atomic E-state index is 11.7. The van der Waals surface area contributed by atoms with Crippen molar-refractivity contribution in [3.8, 4) is 11.4 Å². The van der Waals surface area contributed by atoms with E-state index >= 15 is 0 Å². The number of anilines is 1. The molecule has 0 saturated carbocycles. The first-order valence-electron chi connectivity index (χ1n) is 7.41. The Morgan fingerprint density at radius 2 is 1.96 bits per heavy atom. The Hall–Kier alpha value is -2.45. The molecule has 3 aromatic rings. The smallest absolute Gasteiger partial charge is 0.228 e. The maximum atomic E-state index is 11.7. The zero-order chi connectivity index (χ0) is 17.9. The monoisotopic (exact) mass is 378 g/mol. The van der Waals surface area contributed by atoms with E-state index in [9.17, 15) is 8.42 Å². The van der Waals surface area contributed by atoms with Crippen molar-refractivity contribution >= 4 is 27.3 Å². The number of benzene rings is 1. The lowest BCUT2D eigenvalue weighted by molar-refractivity contribution is 0.381. The predicted molar refractivity (Wildman–Crippen MR) is 94.3 cm³/mol. The average molecular weight is 379 g/mol. The Bertz CT molecular complexity index is 971. The topological polar surface area (TPSA) is 98.0 Å². The molecule has 1 N–H and O–H groups in total. The predicted octanol–water partition coefficient (Wildman–Crippen LogP) is 2.84. The van der Waals surface area contributed by atoms with Gasteiger partial charge in [-0.2, -0.15) is 4.98 Å². The van der Waals surface area contributed by atoms with E-state index in [1.165, 1.54) is 12.3 Å². The number of hydrogen-bond acceptors (Lipinski definition) is 7. The number of nitrogens with one attached hydrogen (secondary N) is 1. The molecule has 3 rings (SSSR count). The van der Waals surface area contributed by atoms with E-state index in [-0.39, 0.29) is 4.90 Å². The molecule has 9 heteroatoms. The number of halogens is 1. The maximum Gasteiger partial charge on any atom is 0.228 e. The van der Waals surface area contributed by atoms with Crippen LogP contribution in [0.25, 0.3) is 11.4 Å². The second-order valence-electron chi connectivity index (χ2n) is 5.32. The van der Waals surface area contributed by atoms with Crippen LogP contribution in [0.1, 0.15) is 5.89 Å². The first kappa shape index (κ1) is 17.4. The minimum absolute atomic E-state index is 0.155. The normalized spacial score (nSPS) is 11.4. The molecule has 0 radical (unpaired) electrons. The summed E-state index contributed by atoms with van der Waals surface area (Å²) >= 11 is 5.85. The molecule has 0 spiro atoms. The highest BCUT2D eigenvalue weighted by Crippen LogP contribution is 2.20. The van der Waals surface area contributed by atoms with Gasteiger partial charge in [0, 0.05) is 36.0 Å². The molecule has 0 fully saturated rings. The summed E-state index contributed by atoms with van der Waals surface area (Å²) in [5.41, 5.74) is 0.802. The SMILES string of the molecule is CS(=O)(=O)c1cccnc1NCCc1nc(-c2ccc(Cl)cc2)no1. The zero-order valence-electron chi connectivity index (χ0n) is 13.3. The van der Waals surface area contributed by atoms with Crippen LogP contribution in [0.4, 0.5) is 5.82 Å². The van der Waals surface area contributed by atoms with Gasteiger partial charge in [-0.05, 0) is 36.4 Å². The van der Waals surface area contributed by atoms with Gasteiger partial charge in [0.05, 0.1) is 0 Å². The van der Waals surface area contributed by atoms with Crippen molar-refractivity contribution in [3.63, 3.8) is 0 Å². The molecule has 0 unspecified atom stereocenters. The molecule has 2 heterocycles. The van der Waals surface area contributed by atoms with E-state index < -0.39 is 9.84 Å². The standard InChI is InChI=1S/C16H15ClN4O3S/c1-25(22,23)13-3-2-9-18-16(13)19-10-8-14-20-15(21-24-14)11-4-6-12(17)7-5-11/h2-7,9H,8,10H2,1H3,(H,18,19). The van der Waals surface area contributed by atoms with Gasteiger partial charge in [0.15, 0.2) is 9.84 Å². The van der Waals surface area contributed by atoms with E-state index in [0.717, 1.165) is 11.8 Å². The molecule has 0 bridgehead atoms. The first-order chi connectivity index (χ1) is 11.9. The summed E-state index contributed by atoms with van der Waals surface area (Å²) in [4.78, 5) is 8.54. The van der Waals surface area contributed by atoms with Crippen molar-refractivity contribution in [2.45, 2.75) is 11.3 Å². The highest BCUT2D eigenvalue weighted by Gasteiger charge is 2.14. The Morgan fingerprint density at radius 1 is 1.20 bits per heavy atom. The van der Waals surface area contributed by atoms with Crippen LogP contribution in [-0.4, -0.2) is 36.3 Å². The molecule has 1 aromatic carbocycles. The number of aromatic nitrogens is 3. The van der Waals surface area contributed by atoms with Crippen LogP contribution >= 0.6 is 11.6 Å². The lowest BCUT2D eigenvalue weighted by Crippen LogP contribution is -2.10. The minimum Gasteiger partial charge on any atom is -0.368 e. The average Bonchev–Trinajstić information content (AvgIpc) is 3.04. The van der Waals surface area contributed by atoms with Crippen molar-refractivity contribution in [2.75, 3.05) is 18.1 Å². The molecule has 25 heavy (non-hydrogen) atoms. The van der Waals surface area contributed by atoms with Crippen molar-refractivity contribution < 1.29 is 12.9 Å². The molecule has 0 aliphatic heterocycles. The molecule has 0 saturated heterocycles. The fourth-order valence-corrected chi connectivity index (χ4v) is 3.11. The van der Waals surface area contributed by atoms with Gasteiger partial charge >= 0.3 is 0 Å². The molecular formula is C16H15ClN4O3S. The van der Waals surface area contributed by atoms with Gasteiger partial charge in [-0.1, -0.05) is 16.8 Å². The highest BCUT2D eigenvalue weighted by atomic mass is 35.5. The summed E-state index contributed by atoms with van der Waals surface area (Å²) in [6.45, 7) is 0.405. The Kier molecular flexibility index (Phi) is 5.00. The number of pyridine rings is 1. The molecule has 0 aliphatic rings. The van der Waals surface area contributed by atoms with Gasteiger partial charge in [0.25, 0.3) is 0 Å². The summed E-state index contributed by atoms with van der Waals surface area (Å²) in [5, 5.41) is 7.55. The van der Waals surface area contributed by atoms with Crippen LogP contribution in [0.15, 0.2) is 52.0 Å². The number of sulfone groups is 1. The van der Waals surface area contributed by atoms with Crippen molar-refractivity contribution in [3.05, 3.63) is 53.5 Å². The van der Waals surface area contributed by atoms with Gasteiger partial charge < -0.3 is 9.84 Å². The van der Waals surface area contributed by atoms with Crippen LogP contribution in [-0.2, 0) is 16.3 Å². The van der Waals surface area contributed by atoms with Gasteiger partial charge in [-0.3, -0.25) is 0 Å². The van der Waals surface area contributed by atoms with Crippen LogP contribution in [0, 0.1) is 0 Å². The van der Waals surface area contributed by atoms with E-state index in [1.807, 2.05) is 12.1 Å². The summed E-state index contributed by atoms with van der Waals surface area (Å²) in [6, 6.07) is 10.2. The third kappa shape index (κ3) is 4.34. The summed E-state index contributed by atoms with van der Waals surface area (Å²) < 4.78 is 28.7. The van der Waals surface area contributed by atoms with Crippen molar-refractivity contribution in [1.29, 1.82) is 0 Å². The van der Waals surface area contributed by atoms with E-state index in [1.54, 1.807) is 18.2 Å². The van der Waals surface area contributed by atoms with E-state index in [2.05, 4.69) is 20.4 Å².